The standard InChI is InChI=1S/C12H18O4/c1-9(2)8-16-12(14)5-4-10(7-13)6-11(12)15-3/h4-7,9,11,14H,8H2,1-3H3. The average Bonchev–Trinajstić information content (AvgIpc) is 2.27. The highest BCUT2D eigenvalue weighted by Gasteiger charge is 2.37. The third kappa shape index (κ3) is 3.01. The molecule has 2 unspecified atom stereocenters. The van der Waals surface area contributed by atoms with Gasteiger partial charge >= 0.3 is 0 Å². The van der Waals surface area contributed by atoms with Gasteiger partial charge < -0.3 is 14.6 Å². The van der Waals surface area contributed by atoms with Crippen molar-refractivity contribution < 1.29 is 19.4 Å². The van der Waals surface area contributed by atoms with E-state index in [0.717, 1.165) is 0 Å². The molecule has 0 spiro atoms. The van der Waals surface area contributed by atoms with E-state index < -0.39 is 11.9 Å². The third-order valence-corrected chi connectivity index (χ3v) is 2.30. The second-order valence-electron chi connectivity index (χ2n) is 4.23. The molecule has 0 heterocycles. The van der Waals surface area contributed by atoms with Gasteiger partial charge in [-0.05, 0) is 18.1 Å². The van der Waals surface area contributed by atoms with Crippen LogP contribution in [0.4, 0.5) is 0 Å². The molecule has 4 nitrogen and oxygen atoms in total. The van der Waals surface area contributed by atoms with Crippen LogP contribution >= 0.6 is 0 Å². The summed E-state index contributed by atoms with van der Waals surface area (Å²) in [6.45, 7) is 4.40. The van der Waals surface area contributed by atoms with Crippen molar-refractivity contribution >= 4 is 6.29 Å². The summed E-state index contributed by atoms with van der Waals surface area (Å²) in [6.07, 6.45) is 4.59. The van der Waals surface area contributed by atoms with Gasteiger partial charge in [0.2, 0.25) is 5.79 Å². The van der Waals surface area contributed by atoms with E-state index in [0.29, 0.717) is 24.4 Å². The molecule has 1 rings (SSSR count). The molecule has 1 aliphatic rings. The molecule has 0 saturated carbocycles. The van der Waals surface area contributed by atoms with E-state index in [1.54, 1.807) is 6.08 Å². The zero-order valence-corrected chi connectivity index (χ0v) is 9.84. The van der Waals surface area contributed by atoms with Crippen molar-refractivity contribution in [3.63, 3.8) is 0 Å². The summed E-state index contributed by atoms with van der Waals surface area (Å²) in [5, 5.41) is 10.2. The van der Waals surface area contributed by atoms with Gasteiger partial charge in [-0.25, -0.2) is 0 Å². The molecule has 2 atom stereocenters. The number of rotatable bonds is 5. The Labute approximate surface area is 95.6 Å². The normalized spacial score (nSPS) is 29.3. The zero-order valence-electron chi connectivity index (χ0n) is 9.84. The second kappa shape index (κ2) is 5.39. The van der Waals surface area contributed by atoms with Crippen LogP contribution in [0.1, 0.15) is 13.8 Å². The summed E-state index contributed by atoms with van der Waals surface area (Å²) in [6, 6.07) is 0. The minimum Gasteiger partial charge on any atom is -0.371 e. The lowest BCUT2D eigenvalue weighted by atomic mass is 9.99. The summed E-state index contributed by atoms with van der Waals surface area (Å²) < 4.78 is 10.5. The highest BCUT2D eigenvalue weighted by molar-refractivity contribution is 5.78. The summed E-state index contributed by atoms with van der Waals surface area (Å²) >= 11 is 0. The highest BCUT2D eigenvalue weighted by atomic mass is 16.6. The Morgan fingerprint density at radius 1 is 1.62 bits per heavy atom. The summed E-state index contributed by atoms with van der Waals surface area (Å²) in [5.74, 6) is -1.17. The molecule has 0 radical (unpaired) electrons. The first-order valence-electron chi connectivity index (χ1n) is 5.27. The molecule has 4 heteroatoms. The van der Waals surface area contributed by atoms with E-state index in [1.165, 1.54) is 19.3 Å². The van der Waals surface area contributed by atoms with Crippen molar-refractivity contribution in [1.82, 2.24) is 0 Å². The number of ether oxygens (including phenoxy) is 2. The number of aldehydes is 1. The van der Waals surface area contributed by atoms with Gasteiger partial charge in [0.05, 0.1) is 6.61 Å². The van der Waals surface area contributed by atoms with Gasteiger partial charge in [-0.3, -0.25) is 4.79 Å². The van der Waals surface area contributed by atoms with Crippen LogP contribution in [0.5, 0.6) is 0 Å². The predicted molar refractivity (Wildman–Crippen MR) is 59.8 cm³/mol. The topological polar surface area (TPSA) is 55.8 Å². The summed E-state index contributed by atoms with van der Waals surface area (Å²) in [4.78, 5) is 10.6. The van der Waals surface area contributed by atoms with Crippen molar-refractivity contribution in [3.05, 3.63) is 23.8 Å². The maximum absolute atomic E-state index is 10.6. The van der Waals surface area contributed by atoms with Gasteiger partial charge in [0, 0.05) is 12.7 Å². The molecule has 16 heavy (non-hydrogen) atoms. The van der Waals surface area contributed by atoms with Crippen molar-refractivity contribution in [2.75, 3.05) is 13.7 Å². The van der Waals surface area contributed by atoms with Gasteiger partial charge in [-0.15, -0.1) is 0 Å². The SMILES string of the molecule is COC1C=C(C=O)C=CC1(O)OCC(C)C. The van der Waals surface area contributed by atoms with E-state index >= 15 is 0 Å². The van der Waals surface area contributed by atoms with Crippen LogP contribution in [0.25, 0.3) is 0 Å². The van der Waals surface area contributed by atoms with E-state index in [1.807, 2.05) is 13.8 Å². The lowest BCUT2D eigenvalue weighted by Crippen LogP contribution is -2.45. The molecular formula is C12H18O4. The first-order chi connectivity index (χ1) is 7.51. The number of aliphatic hydroxyl groups is 1. The predicted octanol–water partition coefficient (Wildman–Crippen LogP) is 1.06. The molecule has 0 aromatic carbocycles. The quantitative estimate of drug-likeness (QED) is 0.562. The molecule has 90 valence electrons. The maximum atomic E-state index is 10.6. The monoisotopic (exact) mass is 226 g/mol. The Balaban J connectivity index is 2.76. The molecule has 0 bridgehead atoms. The first-order valence-corrected chi connectivity index (χ1v) is 5.27. The Kier molecular flexibility index (Phi) is 4.41. The van der Waals surface area contributed by atoms with E-state index in [9.17, 15) is 9.90 Å². The van der Waals surface area contributed by atoms with Crippen LogP contribution in [-0.2, 0) is 14.3 Å². The molecule has 1 aliphatic carbocycles. The molecule has 0 fully saturated rings. The smallest absolute Gasteiger partial charge is 0.216 e. The van der Waals surface area contributed by atoms with E-state index in [-0.39, 0.29) is 0 Å². The third-order valence-electron chi connectivity index (χ3n) is 2.30. The molecule has 0 saturated heterocycles. The molecule has 0 amide bonds. The molecular weight excluding hydrogens is 208 g/mol. The Morgan fingerprint density at radius 3 is 2.81 bits per heavy atom. The lowest BCUT2D eigenvalue weighted by Gasteiger charge is -2.33. The van der Waals surface area contributed by atoms with Crippen LogP contribution in [-0.4, -0.2) is 37.0 Å². The second-order valence-corrected chi connectivity index (χ2v) is 4.23. The summed E-state index contributed by atoms with van der Waals surface area (Å²) in [5.41, 5.74) is 0.477. The molecule has 0 aromatic rings. The van der Waals surface area contributed by atoms with Crippen LogP contribution in [0.15, 0.2) is 23.8 Å². The van der Waals surface area contributed by atoms with Crippen LogP contribution in [0, 0.1) is 5.92 Å². The fourth-order valence-electron chi connectivity index (χ4n) is 1.41. The van der Waals surface area contributed by atoms with Crippen molar-refractivity contribution in [3.8, 4) is 0 Å². The Morgan fingerprint density at radius 2 is 2.31 bits per heavy atom. The summed E-state index contributed by atoms with van der Waals surface area (Å²) in [7, 11) is 1.46. The lowest BCUT2D eigenvalue weighted by molar-refractivity contribution is -0.222. The maximum Gasteiger partial charge on any atom is 0.216 e. The van der Waals surface area contributed by atoms with E-state index in [2.05, 4.69) is 0 Å². The zero-order chi connectivity index (χ0) is 12.2. The highest BCUT2D eigenvalue weighted by Crippen LogP contribution is 2.25. The molecule has 0 aliphatic heterocycles. The number of carbonyl (C=O) groups excluding carboxylic acids is 1. The van der Waals surface area contributed by atoms with E-state index in [4.69, 9.17) is 9.47 Å². The van der Waals surface area contributed by atoms with Crippen molar-refractivity contribution in [2.24, 2.45) is 5.92 Å². The number of hydrogen-bond acceptors (Lipinski definition) is 4. The Hall–Kier alpha value is -0.970. The van der Waals surface area contributed by atoms with Gasteiger partial charge in [-0.1, -0.05) is 19.9 Å². The average molecular weight is 226 g/mol. The van der Waals surface area contributed by atoms with Crippen molar-refractivity contribution in [1.29, 1.82) is 0 Å². The molecule has 0 aromatic heterocycles. The number of methoxy groups -OCH3 is 1. The molecule has 1 N–H and O–H groups in total. The Bertz CT molecular complexity index is 306. The van der Waals surface area contributed by atoms with Gasteiger partial charge in [0.1, 0.15) is 12.4 Å². The van der Waals surface area contributed by atoms with Gasteiger partial charge in [0.15, 0.2) is 0 Å². The number of allylic oxidation sites excluding steroid dienone is 2. The number of hydrogen-bond donors (Lipinski definition) is 1. The van der Waals surface area contributed by atoms with Gasteiger partial charge in [0.25, 0.3) is 0 Å². The largest absolute Gasteiger partial charge is 0.371 e. The number of carbonyl (C=O) groups is 1. The van der Waals surface area contributed by atoms with Crippen molar-refractivity contribution in [2.45, 2.75) is 25.7 Å². The van der Waals surface area contributed by atoms with Crippen LogP contribution in [0.2, 0.25) is 0 Å². The fourth-order valence-corrected chi connectivity index (χ4v) is 1.41. The van der Waals surface area contributed by atoms with Gasteiger partial charge in [-0.2, -0.15) is 0 Å². The minimum atomic E-state index is -1.48. The minimum absolute atomic E-state index is 0.311. The van der Waals surface area contributed by atoms with Crippen LogP contribution in [0.3, 0.4) is 0 Å². The first kappa shape index (κ1) is 13.1. The van der Waals surface area contributed by atoms with Crippen LogP contribution < -0.4 is 0 Å². The fraction of sp³-hybridized carbons (Fsp3) is 0.583.